The maximum atomic E-state index is 12.7. The van der Waals surface area contributed by atoms with Gasteiger partial charge in [0.2, 0.25) is 0 Å². The van der Waals surface area contributed by atoms with Gasteiger partial charge in [0, 0.05) is 5.41 Å². The highest BCUT2D eigenvalue weighted by atomic mass is 16.3. The zero-order chi connectivity index (χ0) is 16.7. The first-order chi connectivity index (χ1) is 10.7. The van der Waals surface area contributed by atoms with Crippen molar-refractivity contribution in [3.05, 3.63) is 12.7 Å². The third-order valence-corrected chi connectivity index (χ3v) is 9.03. The Labute approximate surface area is 140 Å². The van der Waals surface area contributed by atoms with E-state index in [1.54, 1.807) is 0 Å². The maximum absolute atomic E-state index is 12.7. The van der Waals surface area contributed by atoms with E-state index in [1.807, 2.05) is 0 Å². The molecule has 0 unspecified atom stereocenters. The normalized spacial score (nSPS) is 54.3. The second-order valence-electron chi connectivity index (χ2n) is 9.97. The Bertz CT molecular complexity index is 562. The van der Waals surface area contributed by atoms with E-state index in [4.69, 9.17) is 0 Å². The summed E-state index contributed by atoms with van der Waals surface area (Å²) in [5.74, 6) is 1.39. The molecule has 6 atom stereocenters. The zero-order valence-electron chi connectivity index (χ0n) is 15.0. The molecule has 2 nitrogen and oxygen atoms in total. The number of Topliss-reactive ketones (excluding diaryl/α,β-unsaturated/α-hetero) is 1. The molecule has 0 aliphatic heterocycles. The molecule has 0 aromatic carbocycles. The first kappa shape index (κ1) is 15.9. The molecule has 23 heavy (non-hydrogen) atoms. The standard InChI is InChI=1S/C21H32O2/c1-5-18(2)8-9-19(3)14(13-18)6-7-20(4)16(19)12-15(22)17(23)21(20)10-11-21/h5,14-16,22H,1,6-13H2,2-4H3/t14-,15+,16+,18-,19-,20-/m0/s1. The maximum Gasteiger partial charge on any atom is 0.167 e. The third kappa shape index (κ3) is 1.82. The van der Waals surface area contributed by atoms with Gasteiger partial charge in [-0.3, -0.25) is 4.79 Å². The lowest BCUT2D eigenvalue weighted by Crippen LogP contribution is -2.61. The minimum absolute atomic E-state index is 0.122. The molecular formula is C21H32O2. The average Bonchev–Trinajstić information content (AvgIpc) is 3.32. The van der Waals surface area contributed by atoms with Crippen molar-refractivity contribution < 1.29 is 9.90 Å². The molecule has 1 N–H and O–H groups in total. The van der Waals surface area contributed by atoms with E-state index in [2.05, 4.69) is 33.4 Å². The topological polar surface area (TPSA) is 37.3 Å². The molecule has 0 bridgehead atoms. The van der Waals surface area contributed by atoms with Crippen LogP contribution in [0.25, 0.3) is 0 Å². The summed E-state index contributed by atoms with van der Waals surface area (Å²) in [6, 6.07) is 0. The minimum atomic E-state index is -0.709. The number of rotatable bonds is 1. The van der Waals surface area contributed by atoms with Crippen molar-refractivity contribution in [3.8, 4) is 0 Å². The summed E-state index contributed by atoms with van der Waals surface area (Å²) in [5.41, 5.74) is 0.504. The predicted octanol–water partition coefficient (Wildman–Crippen LogP) is 4.52. The number of carbonyl (C=O) groups is 1. The van der Waals surface area contributed by atoms with E-state index in [1.165, 1.54) is 32.1 Å². The van der Waals surface area contributed by atoms with E-state index in [-0.39, 0.29) is 27.4 Å². The highest BCUT2D eigenvalue weighted by Crippen LogP contribution is 2.75. The number of allylic oxidation sites excluding steroid dienone is 1. The van der Waals surface area contributed by atoms with Crippen LogP contribution < -0.4 is 0 Å². The van der Waals surface area contributed by atoms with Crippen molar-refractivity contribution >= 4 is 5.78 Å². The van der Waals surface area contributed by atoms with Crippen molar-refractivity contribution in [1.82, 2.24) is 0 Å². The fraction of sp³-hybridized carbons (Fsp3) is 0.857. The minimum Gasteiger partial charge on any atom is -0.385 e. The number of aliphatic hydroxyl groups excluding tert-OH is 1. The summed E-state index contributed by atoms with van der Waals surface area (Å²) >= 11 is 0. The van der Waals surface area contributed by atoms with Crippen LogP contribution in [0.15, 0.2) is 12.7 Å². The number of carbonyl (C=O) groups excluding carboxylic acids is 1. The highest BCUT2D eigenvalue weighted by Gasteiger charge is 2.72. The van der Waals surface area contributed by atoms with E-state index in [9.17, 15) is 9.90 Å². The van der Waals surface area contributed by atoms with Crippen LogP contribution in [0.2, 0.25) is 0 Å². The van der Waals surface area contributed by atoms with Crippen molar-refractivity contribution in [2.45, 2.75) is 78.2 Å². The quantitative estimate of drug-likeness (QED) is 0.722. The van der Waals surface area contributed by atoms with Crippen molar-refractivity contribution in [2.24, 2.45) is 33.5 Å². The molecule has 0 radical (unpaired) electrons. The van der Waals surface area contributed by atoms with Crippen LogP contribution in [0, 0.1) is 33.5 Å². The SMILES string of the molecule is C=C[C@@]1(C)CC[C@@]2(C)[C@@H](CC[C@@]3(C)[C@@H]2C[C@@H](O)C(=O)C32CC2)C1. The summed E-state index contributed by atoms with van der Waals surface area (Å²) in [5, 5.41) is 10.5. The fourth-order valence-electron chi connectivity index (χ4n) is 7.08. The van der Waals surface area contributed by atoms with E-state index in [0.717, 1.165) is 12.8 Å². The fourth-order valence-corrected chi connectivity index (χ4v) is 7.08. The molecule has 0 saturated heterocycles. The van der Waals surface area contributed by atoms with Crippen molar-refractivity contribution in [2.75, 3.05) is 0 Å². The Morgan fingerprint density at radius 1 is 1.13 bits per heavy atom. The molecule has 2 heteroatoms. The number of ketones is 1. The van der Waals surface area contributed by atoms with Crippen LogP contribution in [-0.4, -0.2) is 17.0 Å². The van der Waals surface area contributed by atoms with Gasteiger partial charge >= 0.3 is 0 Å². The Hall–Kier alpha value is -0.630. The van der Waals surface area contributed by atoms with Gasteiger partial charge in [-0.1, -0.05) is 26.8 Å². The van der Waals surface area contributed by atoms with Crippen LogP contribution in [-0.2, 0) is 4.79 Å². The van der Waals surface area contributed by atoms with Gasteiger partial charge in [-0.15, -0.1) is 6.58 Å². The number of fused-ring (bicyclic) bond motifs is 4. The van der Waals surface area contributed by atoms with Crippen molar-refractivity contribution in [1.29, 1.82) is 0 Å². The number of hydrogen-bond donors (Lipinski definition) is 1. The van der Waals surface area contributed by atoms with Crippen LogP contribution in [0.1, 0.15) is 72.1 Å². The van der Waals surface area contributed by atoms with Crippen molar-refractivity contribution in [3.63, 3.8) is 0 Å². The first-order valence-electron chi connectivity index (χ1n) is 9.57. The Balaban J connectivity index is 1.72. The Kier molecular flexibility index (Phi) is 3.11. The Morgan fingerprint density at radius 2 is 1.83 bits per heavy atom. The molecule has 4 rings (SSSR count). The molecule has 0 aromatic heterocycles. The average molecular weight is 316 g/mol. The van der Waals surface area contributed by atoms with Crippen LogP contribution >= 0.6 is 0 Å². The van der Waals surface area contributed by atoms with Gasteiger partial charge in [0.05, 0.1) is 0 Å². The van der Waals surface area contributed by atoms with Crippen LogP contribution in [0.5, 0.6) is 0 Å². The molecule has 0 aromatic rings. The lowest BCUT2D eigenvalue weighted by molar-refractivity contribution is -0.181. The molecule has 4 aliphatic rings. The third-order valence-electron chi connectivity index (χ3n) is 9.03. The smallest absolute Gasteiger partial charge is 0.167 e. The highest BCUT2D eigenvalue weighted by molar-refractivity contribution is 5.93. The summed E-state index contributed by atoms with van der Waals surface area (Å²) in [6.45, 7) is 11.3. The van der Waals surface area contributed by atoms with Gasteiger partial charge in [-0.25, -0.2) is 0 Å². The summed E-state index contributed by atoms with van der Waals surface area (Å²) < 4.78 is 0. The second kappa shape index (κ2) is 4.50. The first-order valence-corrected chi connectivity index (χ1v) is 9.57. The van der Waals surface area contributed by atoms with E-state index < -0.39 is 6.10 Å². The van der Waals surface area contributed by atoms with Gasteiger partial charge in [0.25, 0.3) is 0 Å². The lowest BCUT2D eigenvalue weighted by atomic mass is 9.40. The molecule has 1 spiro atoms. The summed E-state index contributed by atoms with van der Waals surface area (Å²) in [4.78, 5) is 12.7. The van der Waals surface area contributed by atoms with Gasteiger partial charge in [-0.05, 0) is 79.4 Å². The molecule has 4 aliphatic carbocycles. The molecule has 128 valence electrons. The monoisotopic (exact) mass is 316 g/mol. The zero-order valence-corrected chi connectivity index (χ0v) is 15.0. The molecule has 0 amide bonds. The summed E-state index contributed by atoms with van der Waals surface area (Å²) in [6.07, 6.45) is 10.3. The largest absolute Gasteiger partial charge is 0.385 e. The van der Waals surface area contributed by atoms with Crippen LogP contribution in [0.4, 0.5) is 0 Å². The molecule has 0 heterocycles. The summed E-state index contributed by atoms with van der Waals surface area (Å²) in [7, 11) is 0. The lowest BCUT2D eigenvalue weighted by Gasteiger charge is -2.64. The van der Waals surface area contributed by atoms with Gasteiger partial charge in [-0.2, -0.15) is 0 Å². The van der Waals surface area contributed by atoms with Gasteiger partial charge in [0.1, 0.15) is 6.10 Å². The predicted molar refractivity (Wildman–Crippen MR) is 91.9 cm³/mol. The number of hydrogen-bond acceptors (Lipinski definition) is 2. The molecule has 4 saturated carbocycles. The van der Waals surface area contributed by atoms with E-state index >= 15 is 0 Å². The second-order valence-corrected chi connectivity index (χ2v) is 9.97. The van der Waals surface area contributed by atoms with E-state index in [0.29, 0.717) is 18.3 Å². The Morgan fingerprint density at radius 3 is 2.43 bits per heavy atom. The molecular weight excluding hydrogens is 284 g/mol. The number of aliphatic hydroxyl groups is 1. The van der Waals surface area contributed by atoms with Gasteiger partial charge in [0.15, 0.2) is 5.78 Å². The van der Waals surface area contributed by atoms with Crippen LogP contribution in [0.3, 0.4) is 0 Å². The van der Waals surface area contributed by atoms with Gasteiger partial charge < -0.3 is 5.11 Å². The molecule has 4 fully saturated rings.